The summed E-state index contributed by atoms with van der Waals surface area (Å²) in [4.78, 5) is 0. The number of aromatic hydroxyl groups is 1. The van der Waals surface area contributed by atoms with Crippen molar-refractivity contribution in [1.82, 2.24) is 5.32 Å². The maximum absolute atomic E-state index is 13.7. The van der Waals surface area contributed by atoms with Gasteiger partial charge < -0.3 is 15.5 Å². The number of hydrogen-bond acceptors (Lipinski definition) is 3. The third-order valence-corrected chi connectivity index (χ3v) is 3.57. The molecular weight excluding hydrogens is 312 g/mol. The Morgan fingerprint density at radius 3 is 2.59 bits per heavy atom. The van der Waals surface area contributed by atoms with Crippen molar-refractivity contribution in [2.45, 2.75) is 19.1 Å². The van der Waals surface area contributed by atoms with Crippen molar-refractivity contribution < 1.29 is 19.0 Å². The molecule has 0 aliphatic rings. The first-order valence-corrected chi connectivity index (χ1v) is 7.03. The van der Waals surface area contributed by atoms with Crippen LogP contribution in [-0.2, 0) is 12.1 Å². The van der Waals surface area contributed by atoms with Gasteiger partial charge in [0.15, 0.2) is 0 Å². The molecule has 0 fully saturated rings. The van der Waals surface area contributed by atoms with E-state index in [1.54, 1.807) is 12.1 Å². The van der Waals surface area contributed by atoms with E-state index in [1.807, 2.05) is 0 Å². The highest BCUT2D eigenvalue weighted by atomic mass is 35.5. The minimum Gasteiger partial charge on any atom is -0.508 e. The molecule has 0 heterocycles. The van der Waals surface area contributed by atoms with Gasteiger partial charge in [0.2, 0.25) is 0 Å². The Bertz CT molecular complexity index is 677. The van der Waals surface area contributed by atoms with Crippen LogP contribution in [0, 0.1) is 11.6 Å². The topological polar surface area (TPSA) is 52.5 Å². The molecule has 2 rings (SSSR count). The van der Waals surface area contributed by atoms with Crippen molar-refractivity contribution in [3.63, 3.8) is 0 Å². The van der Waals surface area contributed by atoms with Crippen LogP contribution in [0.5, 0.6) is 5.75 Å². The Labute approximate surface area is 132 Å². The van der Waals surface area contributed by atoms with Crippen LogP contribution in [0.15, 0.2) is 36.4 Å². The van der Waals surface area contributed by atoms with Crippen LogP contribution in [0.4, 0.5) is 8.78 Å². The van der Waals surface area contributed by atoms with Gasteiger partial charge in [-0.15, -0.1) is 0 Å². The third-order valence-electron chi connectivity index (χ3n) is 3.34. The van der Waals surface area contributed by atoms with E-state index in [2.05, 4.69) is 5.32 Å². The number of halogens is 3. The molecule has 22 heavy (non-hydrogen) atoms. The molecule has 2 aromatic carbocycles. The first-order valence-electron chi connectivity index (χ1n) is 6.65. The normalized spacial score (nSPS) is 13.9. The van der Waals surface area contributed by atoms with Gasteiger partial charge in [-0.3, -0.25) is 0 Å². The van der Waals surface area contributed by atoms with Gasteiger partial charge in [-0.1, -0.05) is 17.7 Å². The number of phenolic OH excluding ortho intramolecular Hbond substituents is 1. The lowest BCUT2D eigenvalue weighted by Gasteiger charge is -2.25. The molecule has 3 nitrogen and oxygen atoms in total. The molecule has 0 aliphatic heterocycles. The summed E-state index contributed by atoms with van der Waals surface area (Å²) in [5.41, 5.74) is -0.967. The maximum atomic E-state index is 13.7. The summed E-state index contributed by atoms with van der Waals surface area (Å²) in [6, 6.07) is 7.66. The van der Waals surface area contributed by atoms with Crippen molar-refractivity contribution in [2.24, 2.45) is 0 Å². The fourth-order valence-electron chi connectivity index (χ4n) is 2.16. The van der Waals surface area contributed by atoms with Crippen LogP contribution >= 0.6 is 11.6 Å². The highest BCUT2D eigenvalue weighted by Gasteiger charge is 2.26. The van der Waals surface area contributed by atoms with Crippen molar-refractivity contribution in [2.75, 3.05) is 6.54 Å². The van der Waals surface area contributed by atoms with Gasteiger partial charge in [-0.2, -0.15) is 0 Å². The number of nitrogens with one attached hydrogen (secondary N) is 1. The molecule has 2 aromatic rings. The minimum atomic E-state index is -1.52. The van der Waals surface area contributed by atoms with E-state index in [0.29, 0.717) is 10.6 Å². The lowest BCUT2D eigenvalue weighted by atomic mass is 9.95. The summed E-state index contributed by atoms with van der Waals surface area (Å²) in [5, 5.41) is 23.4. The SMILES string of the molecule is CC(O)(CNCc1cc(Cl)ccc1O)c1ccc(F)cc1F. The van der Waals surface area contributed by atoms with E-state index in [9.17, 15) is 19.0 Å². The van der Waals surface area contributed by atoms with Crippen LogP contribution in [0.25, 0.3) is 0 Å². The zero-order chi connectivity index (χ0) is 16.3. The molecule has 118 valence electrons. The molecule has 1 atom stereocenters. The first-order chi connectivity index (χ1) is 10.3. The quantitative estimate of drug-likeness (QED) is 0.789. The summed E-state index contributed by atoms with van der Waals surface area (Å²) in [7, 11) is 0. The Kier molecular flexibility index (Phi) is 5.01. The molecule has 3 N–H and O–H groups in total. The zero-order valence-corrected chi connectivity index (χ0v) is 12.7. The van der Waals surface area contributed by atoms with Gasteiger partial charge >= 0.3 is 0 Å². The lowest BCUT2D eigenvalue weighted by molar-refractivity contribution is 0.0528. The largest absolute Gasteiger partial charge is 0.508 e. The summed E-state index contributed by atoms with van der Waals surface area (Å²) in [6.45, 7) is 1.68. The zero-order valence-electron chi connectivity index (χ0n) is 11.9. The molecule has 0 bridgehead atoms. The number of hydrogen-bond donors (Lipinski definition) is 3. The molecule has 0 aromatic heterocycles. The van der Waals surface area contributed by atoms with Gasteiger partial charge in [0.1, 0.15) is 23.0 Å². The molecule has 0 aliphatic carbocycles. The summed E-state index contributed by atoms with van der Waals surface area (Å²) < 4.78 is 26.6. The van der Waals surface area contributed by atoms with E-state index in [-0.39, 0.29) is 24.4 Å². The number of phenols is 1. The van der Waals surface area contributed by atoms with E-state index in [4.69, 9.17) is 11.6 Å². The number of benzene rings is 2. The lowest BCUT2D eigenvalue weighted by Crippen LogP contribution is -2.36. The third kappa shape index (κ3) is 3.94. The molecular formula is C16H16ClF2NO2. The first kappa shape index (κ1) is 16.7. The predicted molar refractivity (Wildman–Crippen MR) is 80.8 cm³/mol. The second-order valence-electron chi connectivity index (χ2n) is 5.27. The maximum Gasteiger partial charge on any atom is 0.132 e. The highest BCUT2D eigenvalue weighted by molar-refractivity contribution is 6.30. The Morgan fingerprint density at radius 2 is 1.91 bits per heavy atom. The van der Waals surface area contributed by atoms with Crippen molar-refractivity contribution in [3.8, 4) is 5.75 Å². The van der Waals surface area contributed by atoms with Crippen LogP contribution in [0.1, 0.15) is 18.1 Å². The standard InChI is InChI=1S/C16H16ClF2NO2/c1-16(22,13-4-3-12(18)7-14(13)19)9-20-8-10-6-11(17)2-5-15(10)21/h2-7,20-22H,8-9H2,1H3. The fraction of sp³-hybridized carbons (Fsp3) is 0.250. The van der Waals surface area contributed by atoms with Gasteiger partial charge in [0, 0.05) is 35.3 Å². The second kappa shape index (κ2) is 6.60. The van der Waals surface area contributed by atoms with Crippen LogP contribution < -0.4 is 5.32 Å². The average molecular weight is 328 g/mol. The van der Waals surface area contributed by atoms with E-state index < -0.39 is 17.2 Å². The predicted octanol–water partition coefficient (Wildman–Crippen LogP) is 3.32. The average Bonchev–Trinajstić information content (AvgIpc) is 2.42. The van der Waals surface area contributed by atoms with Gasteiger partial charge in [0.25, 0.3) is 0 Å². The number of aliphatic hydroxyl groups is 1. The van der Waals surface area contributed by atoms with Gasteiger partial charge in [0.05, 0.1) is 0 Å². The van der Waals surface area contributed by atoms with E-state index >= 15 is 0 Å². The van der Waals surface area contributed by atoms with E-state index in [0.717, 1.165) is 12.1 Å². The molecule has 0 saturated carbocycles. The highest BCUT2D eigenvalue weighted by Crippen LogP contribution is 2.25. The molecule has 0 amide bonds. The monoisotopic (exact) mass is 327 g/mol. The van der Waals surface area contributed by atoms with Gasteiger partial charge in [-0.25, -0.2) is 8.78 Å². The molecule has 0 saturated heterocycles. The van der Waals surface area contributed by atoms with Crippen LogP contribution in [0.3, 0.4) is 0 Å². The molecule has 1 unspecified atom stereocenters. The Hall–Kier alpha value is -1.69. The van der Waals surface area contributed by atoms with E-state index in [1.165, 1.54) is 19.1 Å². The van der Waals surface area contributed by atoms with Crippen molar-refractivity contribution in [1.29, 1.82) is 0 Å². The second-order valence-corrected chi connectivity index (χ2v) is 5.71. The van der Waals surface area contributed by atoms with Crippen LogP contribution in [-0.4, -0.2) is 16.8 Å². The minimum absolute atomic E-state index is 0.00304. The van der Waals surface area contributed by atoms with Crippen molar-refractivity contribution >= 4 is 11.6 Å². The molecule has 6 heteroatoms. The Morgan fingerprint density at radius 1 is 1.18 bits per heavy atom. The smallest absolute Gasteiger partial charge is 0.132 e. The summed E-state index contributed by atoms with van der Waals surface area (Å²) >= 11 is 5.84. The van der Waals surface area contributed by atoms with Crippen LogP contribution in [0.2, 0.25) is 5.02 Å². The fourth-order valence-corrected chi connectivity index (χ4v) is 2.35. The Balaban J connectivity index is 2.05. The summed E-state index contributed by atoms with van der Waals surface area (Å²) in [6.07, 6.45) is 0. The number of rotatable bonds is 5. The molecule has 0 radical (unpaired) electrons. The van der Waals surface area contributed by atoms with Gasteiger partial charge in [-0.05, 0) is 31.2 Å². The van der Waals surface area contributed by atoms with Crippen molar-refractivity contribution in [3.05, 3.63) is 64.2 Å². The summed E-state index contributed by atoms with van der Waals surface area (Å²) in [5.74, 6) is -1.43. The molecule has 0 spiro atoms.